The largest absolute Gasteiger partial charge is 0.478 e. The Morgan fingerprint density at radius 2 is 1.83 bits per heavy atom. The van der Waals surface area contributed by atoms with Gasteiger partial charge in [0.05, 0.1) is 10.0 Å². The van der Waals surface area contributed by atoms with Crippen LogP contribution >= 0.6 is 23.2 Å². The Kier molecular flexibility index (Phi) is 5.91. The molecule has 0 amide bonds. The molecule has 122 valence electrons. The molecule has 0 saturated heterocycles. The number of para-hydroxylation sites is 1. The van der Waals surface area contributed by atoms with E-state index in [0.717, 1.165) is 5.56 Å². The number of halogens is 2. The van der Waals surface area contributed by atoms with Gasteiger partial charge in [0, 0.05) is 6.42 Å². The number of rotatable bonds is 6. The fourth-order valence-corrected chi connectivity index (χ4v) is 2.70. The SMILES string of the molecule is CC(C)c1ccccc1OC(Cc1cccc(Cl)c1Cl)C(=O)O. The van der Waals surface area contributed by atoms with E-state index in [1.807, 2.05) is 32.0 Å². The Bertz CT molecular complexity index is 698. The highest BCUT2D eigenvalue weighted by Gasteiger charge is 2.23. The molecule has 23 heavy (non-hydrogen) atoms. The molecule has 0 bridgehead atoms. The first-order chi connectivity index (χ1) is 10.9. The second-order valence-corrected chi connectivity index (χ2v) is 6.34. The lowest BCUT2D eigenvalue weighted by Crippen LogP contribution is -2.30. The molecule has 0 spiro atoms. The first-order valence-corrected chi connectivity index (χ1v) is 8.07. The zero-order valence-corrected chi connectivity index (χ0v) is 14.4. The van der Waals surface area contributed by atoms with Crippen LogP contribution in [-0.4, -0.2) is 17.2 Å². The van der Waals surface area contributed by atoms with Crippen LogP contribution < -0.4 is 4.74 Å². The summed E-state index contributed by atoms with van der Waals surface area (Å²) in [5.74, 6) is -0.233. The topological polar surface area (TPSA) is 46.5 Å². The van der Waals surface area contributed by atoms with E-state index >= 15 is 0 Å². The molecular formula is C18H18Cl2O3. The van der Waals surface area contributed by atoms with Crippen LogP contribution in [0.4, 0.5) is 0 Å². The number of benzene rings is 2. The number of hydrogen-bond donors (Lipinski definition) is 1. The predicted molar refractivity (Wildman–Crippen MR) is 92.7 cm³/mol. The highest BCUT2D eigenvalue weighted by Crippen LogP contribution is 2.30. The van der Waals surface area contributed by atoms with Gasteiger partial charge in [0.15, 0.2) is 6.10 Å². The number of carbonyl (C=O) groups is 1. The Balaban J connectivity index is 2.27. The van der Waals surface area contributed by atoms with E-state index in [9.17, 15) is 9.90 Å². The van der Waals surface area contributed by atoms with Gasteiger partial charge in [-0.3, -0.25) is 0 Å². The molecule has 2 aromatic carbocycles. The highest BCUT2D eigenvalue weighted by molar-refractivity contribution is 6.42. The molecule has 3 nitrogen and oxygen atoms in total. The third-order valence-electron chi connectivity index (χ3n) is 3.52. The smallest absolute Gasteiger partial charge is 0.345 e. The van der Waals surface area contributed by atoms with Crippen LogP contribution in [0.15, 0.2) is 42.5 Å². The van der Waals surface area contributed by atoms with E-state index in [4.69, 9.17) is 27.9 Å². The van der Waals surface area contributed by atoms with E-state index in [1.54, 1.807) is 24.3 Å². The molecule has 0 aliphatic carbocycles. The number of carboxylic acid groups (broad SMARTS) is 1. The molecule has 1 unspecified atom stereocenters. The zero-order valence-electron chi connectivity index (χ0n) is 12.9. The van der Waals surface area contributed by atoms with Gasteiger partial charge in [0.1, 0.15) is 5.75 Å². The number of ether oxygens (including phenoxy) is 1. The Morgan fingerprint density at radius 3 is 2.48 bits per heavy atom. The third-order valence-corrected chi connectivity index (χ3v) is 4.38. The Labute approximate surface area is 145 Å². The summed E-state index contributed by atoms with van der Waals surface area (Å²) in [6.07, 6.45) is -0.896. The molecule has 0 aliphatic heterocycles. The van der Waals surface area contributed by atoms with Crippen molar-refractivity contribution in [3.8, 4) is 5.75 Å². The predicted octanol–water partition coefficient (Wildman–Crippen LogP) is 5.19. The van der Waals surface area contributed by atoms with E-state index in [1.165, 1.54) is 0 Å². The van der Waals surface area contributed by atoms with Crippen LogP contribution in [0.1, 0.15) is 30.9 Å². The summed E-state index contributed by atoms with van der Waals surface area (Å²) in [5.41, 5.74) is 1.62. The minimum atomic E-state index is -1.04. The van der Waals surface area contributed by atoms with Crippen LogP contribution in [0.25, 0.3) is 0 Å². The van der Waals surface area contributed by atoms with E-state index in [2.05, 4.69) is 0 Å². The minimum Gasteiger partial charge on any atom is -0.478 e. The average molecular weight is 353 g/mol. The van der Waals surface area contributed by atoms with E-state index in [0.29, 0.717) is 21.4 Å². The summed E-state index contributed by atoms with van der Waals surface area (Å²) < 4.78 is 5.77. The summed E-state index contributed by atoms with van der Waals surface area (Å²) in [6.45, 7) is 4.07. The molecule has 0 saturated carbocycles. The standard InChI is InChI=1S/C18H18Cl2O3/c1-11(2)13-7-3-4-9-15(13)23-16(18(21)22)10-12-6-5-8-14(19)17(12)20/h3-9,11,16H,10H2,1-2H3,(H,21,22). The summed E-state index contributed by atoms with van der Waals surface area (Å²) in [6, 6.07) is 12.6. The van der Waals surface area contributed by atoms with Crippen molar-refractivity contribution in [3.63, 3.8) is 0 Å². The van der Waals surface area contributed by atoms with Gasteiger partial charge in [0.2, 0.25) is 0 Å². The lowest BCUT2D eigenvalue weighted by molar-refractivity contribution is -0.145. The highest BCUT2D eigenvalue weighted by atomic mass is 35.5. The average Bonchev–Trinajstić information content (AvgIpc) is 2.51. The van der Waals surface area contributed by atoms with Crippen molar-refractivity contribution >= 4 is 29.2 Å². The van der Waals surface area contributed by atoms with Crippen LogP contribution in [-0.2, 0) is 11.2 Å². The molecule has 2 rings (SSSR count). The van der Waals surface area contributed by atoms with Crippen molar-refractivity contribution in [3.05, 3.63) is 63.6 Å². The molecule has 0 fully saturated rings. The van der Waals surface area contributed by atoms with Crippen molar-refractivity contribution in [2.45, 2.75) is 32.3 Å². The first kappa shape index (κ1) is 17.6. The molecule has 1 N–H and O–H groups in total. The maximum absolute atomic E-state index is 11.6. The quantitative estimate of drug-likeness (QED) is 0.777. The van der Waals surface area contributed by atoms with Gasteiger partial charge in [0.25, 0.3) is 0 Å². The van der Waals surface area contributed by atoms with Gasteiger partial charge >= 0.3 is 5.97 Å². The van der Waals surface area contributed by atoms with Crippen molar-refractivity contribution in [1.82, 2.24) is 0 Å². The molecule has 0 aliphatic rings. The molecule has 1 atom stereocenters. The van der Waals surface area contributed by atoms with Gasteiger partial charge in [-0.15, -0.1) is 0 Å². The maximum atomic E-state index is 11.6. The second kappa shape index (κ2) is 7.71. The van der Waals surface area contributed by atoms with Crippen LogP contribution in [0.3, 0.4) is 0 Å². The van der Waals surface area contributed by atoms with E-state index < -0.39 is 12.1 Å². The zero-order chi connectivity index (χ0) is 17.0. The number of hydrogen-bond acceptors (Lipinski definition) is 2. The summed E-state index contributed by atoms with van der Waals surface area (Å²) >= 11 is 12.1. The lowest BCUT2D eigenvalue weighted by atomic mass is 10.0. The van der Waals surface area contributed by atoms with Crippen LogP contribution in [0.5, 0.6) is 5.75 Å². The molecule has 2 aromatic rings. The molecular weight excluding hydrogens is 335 g/mol. The fraction of sp³-hybridized carbons (Fsp3) is 0.278. The summed E-state index contributed by atoms with van der Waals surface area (Å²) in [5, 5.41) is 10.2. The van der Waals surface area contributed by atoms with Crippen molar-refractivity contribution < 1.29 is 14.6 Å². The molecule has 0 aromatic heterocycles. The van der Waals surface area contributed by atoms with Gasteiger partial charge in [-0.2, -0.15) is 0 Å². The van der Waals surface area contributed by atoms with Gasteiger partial charge in [-0.1, -0.05) is 67.4 Å². The van der Waals surface area contributed by atoms with Gasteiger partial charge in [-0.25, -0.2) is 4.79 Å². The normalized spacial score (nSPS) is 12.2. The van der Waals surface area contributed by atoms with Crippen molar-refractivity contribution in [2.75, 3.05) is 0 Å². The number of aliphatic carboxylic acids is 1. The van der Waals surface area contributed by atoms with Crippen LogP contribution in [0, 0.1) is 0 Å². The maximum Gasteiger partial charge on any atom is 0.345 e. The molecule has 5 heteroatoms. The minimum absolute atomic E-state index is 0.140. The first-order valence-electron chi connectivity index (χ1n) is 7.31. The van der Waals surface area contributed by atoms with Gasteiger partial charge < -0.3 is 9.84 Å². The molecule has 0 radical (unpaired) electrons. The Hall–Kier alpha value is -1.71. The lowest BCUT2D eigenvalue weighted by Gasteiger charge is -2.19. The summed E-state index contributed by atoms with van der Waals surface area (Å²) in [4.78, 5) is 11.6. The van der Waals surface area contributed by atoms with Crippen molar-refractivity contribution in [2.24, 2.45) is 0 Å². The number of carboxylic acids is 1. The molecule has 0 heterocycles. The van der Waals surface area contributed by atoms with E-state index in [-0.39, 0.29) is 12.3 Å². The third kappa shape index (κ3) is 4.40. The Morgan fingerprint density at radius 1 is 1.13 bits per heavy atom. The fourth-order valence-electron chi connectivity index (χ4n) is 2.30. The monoisotopic (exact) mass is 352 g/mol. The van der Waals surface area contributed by atoms with Crippen molar-refractivity contribution in [1.29, 1.82) is 0 Å². The summed E-state index contributed by atoms with van der Waals surface area (Å²) in [7, 11) is 0. The van der Waals surface area contributed by atoms with Crippen LogP contribution in [0.2, 0.25) is 10.0 Å². The second-order valence-electron chi connectivity index (χ2n) is 5.55. The van der Waals surface area contributed by atoms with Gasteiger partial charge in [-0.05, 0) is 29.2 Å².